The van der Waals surface area contributed by atoms with Crippen LogP contribution >= 0.6 is 0 Å². The number of pyridine rings is 1. The van der Waals surface area contributed by atoms with Crippen LogP contribution in [0.15, 0.2) is 41.7 Å². The number of carbonyl (C=O) groups excluding carboxylic acids is 2. The number of fused-ring (bicyclic) bond motifs is 1. The molecule has 1 aromatic heterocycles. The summed E-state index contributed by atoms with van der Waals surface area (Å²) in [6, 6.07) is 9.94. The maximum Gasteiger partial charge on any atom is 0.219 e. The number of aromatic nitrogens is 1. The molecule has 0 unspecified atom stereocenters. The van der Waals surface area contributed by atoms with E-state index in [1.165, 1.54) is 0 Å². The van der Waals surface area contributed by atoms with Crippen molar-refractivity contribution in [3.05, 3.63) is 58.6 Å². The average molecular weight is 558 g/mol. The number of amidine groups is 1. The molecule has 1 saturated heterocycles. The first-order chi connectivity index (χ1) is 19.9. The molecule has 1 aromatic carbocycles. The molecule has 0 atom stereocenters. The minimum Gasteiger partial charge on any atom is -0.385 e. The number of nitriles is 1. The number of hydrogen-bond acceptors (Lipinski definition) is 8. The van der Waals surface area contributed by atoms with E-state index < -0.39 is 0 Å². The molecule has 10 nitrogen and oxygen atoms in total. The van der Waals surface area contributed by atoms with E-state index in [9.17, 15) is 20.3 Å². The Morgan fingerprint density at radius 2 is 1.95 bits per heavy atom. The summed E-state index contributed by atoms with van der Waals surface area (Å²) in [5.41, 5.74) is 6.17. The number of ether oxygens (including phenoxy) is 1. The van der Waals surface area contributed by atoms with Crippen LogP contribution in [0, 0.1) is 16.7 Å². The summed E-state index contributed by atoms with van der Waals surface area (Å²) >= 11 is 0. The molecule has 2 aromatic rings. The van der Waals surface area contributed by atoms with Crippen molar-refractivity contribution in [2.45, 2.75) is 45.1 Å². The first-order valence-electron chi connectivity index (χ1n) is 14.2. The molecular formula is C31H39N7O3. The average Bonchev–Trinajstić information content (AvgIpc) is 3.00. The lowest BCUT2D eigenvalue weighted by molar-refractivity contribution is -0.128. The molecule has 3 aliphatic heterocycles. The molecule has 0 bridgehead atoms. The maximum atomic E-state index is 12.3. The van der Waals surface area contributed by atoms with Gasteiger partial charge in [-0.2, -0.15) is 5.26 Å². The summed E-state index contributed by atoms with van der Waals surface area (Å²) in [6.07, 6.45) is 6.55. The van der Waals surface area contributed by atoms with Crippen molar-refractivity contribution in [1.29, 1.82) is 10.7 Å². The van der Waals surface area contributed by atoms with Gasteiger partial charge >= 0.3 is 0 Å². The van der Waals surface area contributed by atoms with Crippen LogP contribution in [-0.2, 0) is 16.0 Å². The highest BCUT2D eigenvalue weighted by Crippen LogP contribution is 2.36. The van der Waals surface area contributed by atoms with Gasteiger partial charge in [-0.15, -0.1) is 0 Å². The quantitative estimate of drug-likeness (QED) is 0.290. The number of amides is 1. The number of hydrogen-bond donors (Lipinski definition) is 3. The molecule has 0 radical (unpaired) electrons. The Balaban J connectivity index is 0.00000124. The number of nitrogens with one attached hydrogen (secondary N) is 3. The molecule has 10 heteroatoms. The molecule has 0 aliphatic carbocycles. The van der Waals surface area contributed by atoms with Gasteiger partial charge in [-0.05, 0) is 63.5 Å². The first kappa shape index (κ1) is 29.9. The van der Waals surface area contributed by atoms with Crippen LogP contribution in [0.4, 0.5) is 5.69 Å². The topological polar surface area (TPSA) is 134 Å². The number of carbonyl (C=O) groups is 2. The van der Waals surface area contributed by atoms with E-state index in [2.05, 4.69) is 21.7 Å². The minimum atomic E-state index is 0.00470. The predicted octanol–water partition coefficient (Wildman–Crippen LogP) is 3.27. The molecule has 4 heterocycles. The summed E-state index contributed by atoms with van der Waals surface area (Å²) in [5.74, 6) is 0.380. The van der Waals surface area contributed by atoms with E-state index in [1.54, 1.807) is 30.2 Å². The van der Waals surface area contributed by atoms with E-state index in [1.807, 2.05) is 31.1 Å². The third-order valence-electron chi connectivity index (χ3n) is 7.62. The number of anilines is 1. The molecule has 0 saturated carbocycles. The highest BCUT2D eigenvalue weighted by molar-refractivity contribution is 6.09. The second-order valence-corrected chi connectivity index (χ2v) is 10.5. The standard InChI is InChI=1S/C29H32N6O3.C2H7N/c1-19(37)34-10-6-27(33-23-7-11-38-12-8-23)26(17-34)29(31)35-9-2-3-20-13-25(22(15-30)14-28(20)35)21-4-5-24(18-36)32-16-21;1-3-2/h4-5,13-14,16,18,23,31,33H,2-3,6-12,17H2,1H3;3H,1-2H3. The largest absolute Gasteiger partial charge is 0.385 e. The van der Waals surface area contributed by atoms with Crippen LogP contribution in [0.1, 0.15) is 54.2 Å². The fraction of sp³-hybridized carbons (Fsp3) is 0.452. The van der Waals surface area contributed by atoms with Gasteiger partial charge in [0.25, 0.3) is 0 Å². The number of rotatable bonds is 5. The summed E-state index contributed by atoms with van der Waals surface area (Å²) in [7, 11) is 3.75. The van der Waals surface area contributed by atoms with E-state index in [0.29, 0.717) is 55.5 Å². The zero-order valence-electron chi connectivity index (χ0n) is 24.1. The minimum absolute atomic E-state index is 0.00470. The fourth-order valence-corrected chi connectivity index (χ4v) is 5.49. The van der Waals surface area contributed by atoms with E-state index >= 15 is 0 Å². The third-order valence-corrected chi connectivity index (χ3v) is 7.62. The van der Waals surface area contributed by atoms with Crippen LogP contribution in [0.5, 0.6) is 0 Å². The smallest absolute Gasteiger partial charge is 0.219 e. The van der Waals surface area contributed by atoms with Crippen molar-refractivity contribution in [1.82, 2.24) is 20.5 Å². The Hall–Kier alpha value is -4.07. The lowest BCUT2D eigenvalue weighted by Crippen LogP contribution is -2.46. The van der Waals surface area contributed by atoms with Gasteiger partial charge in [0.1, 0.15) is 11.5 Å². The van der Waals surface area contributed by atoms with Crippen molar-refractivity contribution >= 4 is 23.7 Å². The Morgan fingerprint density at radius 3 is 2.59 bits per heavy atom. The number of aryl methyl sites for hydroxylation is 1. The van der Waals surface area contributed by atoms with Crippen molar-refractivity contribution in [3.8, 4) is 17.2 Å². The van der Waals surface area contributed by atoms with Crippen molar-refractivity contribution in [2.75, 3.05) is 51.8 Å². The molecule has 5 rings (SSSR count). The van der Waals surface area contributed by atoms with Gasteiger partial charge in [-0.3, -0.25) is 20.0 Å². The molecule has 1 fully saturated rings. The van der Waals surface area contributed by atoms with E-state index in [-0.39, 0.29) is 5.91 Å². The SMILES string of the molecule is CC(=O)N1CCC(NC2CCOCC2)=C(C(=N)N2CCCc3cc(-c4ccc(C=O)nc4)c(C#N)cc32)C1.CNC. The van der Waals surface area contributed by atoms with Crippen molar-refractivity contribution in [3.63, 3.8) is 0 Å². The number of aldehydes is 1. The van der Waals surface area contributed by atoms with Crippen LogP contribution in [0.2, 0.25) is 0 Å². The molecule has 3 N–H and O–H groups in total. The fourth-order valence-electron chi connectivity index (χ4n) is 5.49. The van der Waals surface area contributed by atoms with E-state index in [4.69, 9.17) is 4.74 Å². The van der Waals surface area contributed by atoms with Gasteiger partial charge in [0.15, 0.2) is 6.29 Å². The Kier molecular flexibility index (Phi) is 10.2. The van der Waals surface area contributed by atoms with Crippen LogP contribution in [0.3, 0.4) is 0 Å². The molecule has 41 heavy (non-hydrogen) atoms. The van der Waals surface area contributed by atoms with Crippen molar-refractivity contribution < 1.29 is 14.3 Å². The first-order valence-corrected chi connectivity index (χ1v) is 14.2. The summed E-state index contributed by atoms with van der Waals surface area (Å²) in [5, 5.41) is 25.8. The van der Waals surface area contributed by atoms with Gasteiger partial charge < -0.3 is 25.2 Å². The highest BCUT2D eigenvalue weighted by atomic mass is 16.5. The predicted molar refractivity (Wildman–Crippen MR) is 159 cm³/mol. The summed E-state index contributed by atoms with van der Waals surface area (Å²) < 4.78 is 5.52. The molecule has 3 aliphatic rings. The van der Waals surface area contributed by atoms with Crippen LogP contribution in [0.25, 0.3) is 11.1 Å². The molecule has 0 spiro atoms. The van der Waals surface area contributed by atoms with Gasteiger partial charge in [0, 0.05) is 80.0 Å². The highest BCUT2D eigenvalue weighted by Gasteiger charge is 2.30. The lowest BCUT2D eigenvalue weighted by Gasteiger charge is -2.38. The monoisotopic (exact) mass is 557 g/mol. The maximum absolute atomic E-state index is 12.3. The normalized spacial score (nSPS) is 17.1. The summed E-state index contributed by atoms with van der Waals surface area (Å²) in [4.78, 5) is 31.2. The third kappa shape index (κ3) is 6.99. The van der Waals surface area contributed by atoms with Crippen LogP contribution < -0.4 is 15.5 Å². The number of nitrogens with zero attached hydrogens (tertiary/aromatic N) is 4. The van der Waals surface area contributed by atoms with Gasteiger partial charge in [-0.25, -0.2) is 0 Å². The summed E-state index contributed by atoms with van der Waals surface area (Å²) in [6.45, 7) is 4.72. The second kappa shape index (κ2) is 14.0. The van der Waals surface area contributed by atoms with Crippen molar-refractivity contribution in [2.24, 2.45) is 0 Å². The van der Waals surface area contributed by atoms with Gasteiger partial charge in [-0.1, -0.05) is 6.07 Å². The molecule has 1 amide bonds. The lowest BCUT2D eigenvalue weighted by atomic mass is 9.92. The molecular weight excluding hydrogens is 518 g/mol. The number of benzene rings is 1. The Labute approximate surface area is 241 Å². The zero-order chi connectivity index (χ0) is 29.4. The van der Waals surface area contributed by atoms with Crippen LogP contribution in [-0.4, -0.2) is 80.9 Å². The zero-order valence-corrected chi connectivity index (χ0v) is 24.1. The van der Waals surface area contributed by atoms with Gasteiger partial charge in [0.05, 0.1) is 18.2 Å². The Bertz CT molecular complexity index is 1340. The van der Waals surface area contributed by atoms with E-state index in [0.717, 1.165) is 72.5 Å². The van der Waals surface area contributed by atoms with Gasteiger partial charge in [0.2, 0.25) is 5.91 Å². The molecule has 216 valence electrons. The Morgan fingerprint density at radius 1 is 1.20 bits per heavy atom. The second-order valence-electron chi connectivity index (χ2n) is 10.5.